The van der Waals surface area contributed by atoms with E-state index in [4.69, 9.17) is 4.74 Å². The maximum absolute atomic E-state index is 11.4. The molecule has 0 aliphatic carbocycles. The number of nitrogens with zero attached hydrogens (tertiary/aromatic N) is 2. The van der Waals surface area contributed by atoms with Crippen LogP contribution in [0.25, 0.3) is 0 Å². The largest absolute Gasteiger partial charge is 0.381 e. The highest BCUT2D eigenvalue weighted by Gasteiger charge is 2.34. The first kappa shape index (κ1) is 13.0. The molecule has 0 N–H and O–H groups in total. The first-order valence-electron chi connectivity index (χ1n) is 6.69. The smallest absolute Gasteiger partial charge is 0.127 e. The molecule has 0 unspecified atom stereocenters. The van der Waals surface area contributed by atoms with Gasteiger partial charge in [0.05, 0.1) is 0 Å². The van der Waals surface area contributed by atoms with Crippen molar-refractivity contribution in [3.05, 3.63) is 0 Å². The van der Waals surface area contributed by atoms with E-state index in [2.05, 4.69) is 16.8 Å². The van der Waals surface area contributed by atoms with Crippen LogP contribution in [0.5, 0.6) is 0 Å². The Hall–Kier alpha value is -0.450. The predicted molar refractivity (Wildman–Crippen MR) is 67.1 cm³/mol. The zero-order valence-corrected chi connectivity index (χ0v) is 10.9. The van der Waals surface area contributed by atoms with E-state index >= 15 is 0 Å². The minimum absolute atomic E-state index is 0.138. The van der Waals surface area contributed by atoms with Crippen LogP contribution in [0.1, 0.15) is 19.3 Å². The number of carbonyl (C=O) groups excluding carboxylic acids is 1. The molecule has 2 saturated heterocycles. The zero-order chi connectivity index (χ0) is 12.1. The SMILES string of the molecule is CN1CCCN(CC2(C=O)CCOCC2)CC1. The van der Waals surface area contributed by atoms with Crippen molar-refractivity contribution in [1.29, 1.82) is 0 Å². The van der Waals surface area contributed by atoms with E-state index in [1.807, 2.05) is 0 Å². The molecule has 4 heteroatoms. The number of carbonyl (C=O) groups is 1. The molecule has 0 atom stereocenters. The fourth-order valence-electron chi connectivity index (χ4n) is 2.79. The third kappa shape index (κ3) is 3.50. The van der Waals surface area contributed by atoms with E-state index in [-0.39, 0.29) is 5.41 Å². The van der Waals surface area contributed by atoms with Gasteiger partial charge in [0, 0.05) is 38.3 Å². The summed E-state index contributed by atoms with van der Waals surface area (Å²) in [5.74, 6) is 0. The van der Waals surface area contributed by atoms with Crippen molar-refractivity contribution >= 4 is 6.29 Å². The molecular formula is C13H24N2O2. The quantitative estimate of drug-likeness (QED) is 0.677. The van der Waals surface area contributed by atoms with Crippen molar-refractivity contribution in [3.63, 3.8) is 0 Å². The van der Waals surface area contributed by atoms with Crippen molar-refractivity contribution in [1.82, 2.24) is 9.80 Å². The van der Waals surface area contributed by atoms with Gasteiger partial charge in [-0.3, -0.25) is 0 Å². The van der Waals surface area contributed by atoms with Gasteiger partial charge in [-0.1, -0.05) is 0 Å². The highest BCUT2D eigenvalue weighted by Crippen LogP contribution is 2.29. The van der Waals surface area contributed by atoms with E-state index in [1.54, 1.807) is 0 Å². The minimum atomic E-state index is -0.138. The second-order valence-corrected chi connectivity index (χ2v) is 5.53. The summed E-state index contributed by atoms with van der Waals surface area (Å²) in [6, 6.07) is 0. The molecule has 98 valence electrons. The van der Waals surface area contributed by atoms with Crippen molar-refractivity contribution in [2.24, 2.45) is 5.41 Å². The van der Waals surface area contributed by atoms with Crippen LogP contribution in [0.3, 0.4) is 0 Å². The van der Waals surface area contributed by atoms with Gasteiger partial charge in [0.25, 0.3) is 0 Å². The molecule has 0 aromatic carbocycles. The number of hydrogen-bond donors (Lipinski definition) is 0. The van der Waals surface area contributed by atoms with Crippen molar-refractivity contribution < 1.29 is 9.53 Å². The normalized spacial score (nSPS) is 27.6. The second kappa shape index (κ2) is 5.94. The molecule has 2 heterocycles. The molecule has 0 bridgehead atoms. The lowest BCUT2D eigenvalue weighted by Gasteiger charge is -2.36. The molecule has 17 heavy (non-hydrogen) atoms. The summed E-state index contributed by atoms with van der Waals surface area (Å²) in [4.78, 5) is 16.2. The van der Waals surface area contributed by atoms with Crippen LogP contribution in [-0.4, -0.2) is 69.1 Å². The van der Waals surface area contributed by atoms with Crippen molar-refractivity contribution in [3.8, 4) is 0 Å². The molecule has 0 aromatic heterocycles. The molecule has 0 aromatic rings. The van der Waals surface area contributed by atoms with E-state index in [1.165, 1.54) is 19.3 Å². The average molecular weight is 240 g/mol. The third-order valence-corrected chi connectivity index (χ3v) is 4.09. The third-order valence-electron chi connectivity index (χ3n) is 4.09. The number of likely N-dealkylation sites (N-methyl/N-ethyl adjacent to an activating group) is 1. The summed E-state index contributed by atoms with van der Waals surface area (Å²) in [6.45, 7) is 6.92. The molecule has 0 radical (unpaired) electrons. The van der Waals surface area contributed by atoms with Crippen LogP contribution < -0.4 is 0 Å². The van der Waals surface area contributed by atoms with Gasteiger partial charge < -0.3 is 19.3 Å². The summed E-state index contributed by atoms with van der Waals surface area (Å²) in [7, 11) is 2.17. The molecule has 0 saturated carbocycles. The fourth-order valence-corrected chi connectivity index (χ4v) is 2.79. The summed E-state index contributed by atoms with van der Waals surface area (Å²) in [5, 5.41) is 0. The minimum Gasteiger partial charge on any atom is -0.381 e. The van der Waals surface area contributed by atoms with Crippen LogP contribution >= 0.6 is 0 Å². The summed E-state index contributed by atoms with van der Waals surface area (Å²) < 4.78 is 5.37. The van der Waals surface area contributed by atoms with Gasteiger partial charge in [0.15, 0.2) is 0 Å². The van der Waals surface area contributed by atoms with E-state index < -0.39 is 0 Å². The van der Waals surface area contributed by atoms with Crippen LogP contribution in [0.15, 0.2) is 0 Å². The summed E-state index contributed by atoms with van der Waals surface area (Å²) in [6.07, 6.45) is 4.18. The Labute approximate surface area is 104 Å². The van der Waals surface area contributed by atoms with Crippen LogP contribution in [-0.2, 0) is 9.53 Å². The first-order valence-corrected chi connectivity index (χ1v) is 6.69. The Morgan fingerprint density at radius 1 is 1.18 bits per heavy atom. The number of ether oxygens (including phenoxy) is 1. The molecule has 0 spiro atoms. The standard InChI is InChI=1S/C13H24N2O2/c1-14-5-2-6-15(8-7-14)11-13(12-16)3-9-17-10-4-13/h12H,2-11H2,1H3. The molecule has 2 rings (SSSR count). The van der Waals surface area contributed by atoms with E-state index in [9.17, 15) is 4.79 Å². The highest BCUT2D eigenvalue weighted by atomic mass is 16.5. The van der Waals surface area contributed by atoms with Crippen molar-refractivity contribution in [2.45, 2.75) is 19.3 Å². The van der Waals surface area contributed by atoms with Crippen LogP contribution in [0.4, 0.5) is 0 Å². The summed E-state index contributed by atoms with van der Waals surface area (Å²) >= 11 is 0. The Morgan fingerprint density at radius 3 is 2.65 bits per heavy atom. The lowest BCUT2D eigenvalue weighted by molar-refractivity contribution is -0.123. The highest BCUT2D eigenvalue weighted by molar-refractivity contribution is 5.60. The van der Waals surface area contributed by atoms with Gasteiger partial charge >= 0.3 is 0 Å². The number of rotatable bonds is 3. The zero-order valence-electron chi connectivity index (χ0n) is 10.9. The molecular weight excluding hydrogens is 216 g/mol. The molecule has 4 nitrogen and oxygen atoms in total. The van der Waals surface area contributed by atoms with E-state index in [0.29, 0.717) is 0 Å². The van der Waals surface area contributed by atoms with Gasteiger partial charge in [-0.15, -0.1) is 0 Å². The topological polar surface area (TPSA) is 32.8 Å². The molecule has 2 fully saturated rings. The number of hydrogen-bond acceptors (Lipinski definition) is 4. The molecule has 0 amide bonds. The Kier molecular flexibility index (Phi) is 4.54. The van der Waals surface area contributed by atoms with E-state index in [0.717, 1.165) is 52.2 Å². The Bertz CT molecular complexity index is 252. The lowest BCUT2D eigenvalue weighted by atomic mass is 9.81. The van der Waals surface area contributed by atoms with Gasteiger partial charge in [-0.05, 0) is 39.4 Å². The van der Waals surface area contributed by atoms with Gasteiger partial charge in [0.2, 0.25) is 0 Å². The monoisotopic (exact) mass is 240 g/mol. The maximum Gasteiger partial charge on any atom is 0.127 e. The number of aldehydes is 1. The van der Waals surface area contributed by atoms with Gasteiger partial charge in [0.1, 0.15) is 6.29 Å². The van der Waals surface area contributed by atoms with Gasteiger partial charge in [-0.25, -0.2) is 0 Å². The first-order chi connectivity index (χ1) is 8.24. The Morgan fingerprint density at radius 2 is 1.94 bits per heavy atom. The lowest BCUT2D eigenvalue weighted by Crippen LogP contribution is -2.43. The van der Waals surface area contributed by atoms with Crippen LogP contribution in [0.2, 0.25) is 0 Å². The van der Waals surface area contributed by atoms with Gasteiger partial charge in [-0.2, -0.15) is 0 Å². The molecule has 2 aliphatic rings. The fraction of sp³-hybridized carbons (Fsp3) is 0.923. The van der Waals surface area contributed by atoms with Crippen LogP contribution in [0, 0.1) is 5.41 Å². The maximum atomic E-state index is 11.4. The second-order valence-electron chi connectivity index (χ2n) is 5.53. The molecule has 2 aliphatic heterocycles. The van der Waals surface area contributed by atoms with Crippen molar-refractivity contribution in [2.75, 3.05) is 53.0 Å². The predicted octanol–water partition coefficient (Wildman–Crippen LogP) is 0.620. The average Bonchev–Trinajstić information content (AvgIpc) is 2.56. The summed E-state index contributed by atoms with van der Waals surface area (Å²) in [5.41, 5.74) is -0.138. The Balaban J connectivity index is 1.91.